The van der Waals surface area contributed by atoms with Gasteiger partial charge in [-0.2, -0.15) is 0 Å². The maximum Gasteiger partial charge on any atom is 0.237 e. The third kappa shape index (κ3) is 3.33. The van der Waals surface area contributed by atoms with E-state index in [0.29, 0.717) is 12.3 Å². The van der Waals surface area contributed by atoms with Gasteiger partial charge >= 0.3 is 0 Å². The highest BCUT2D eigenvalue weighted by Crippen LogP contribution is 2.29. The fourth-order valence-electron chi connectivity index (χ4n) is 2.35. The summed E-state index contributed by atoms with van der Waals surface area (Å²) < 4.78 is 0. The van der Waals surface area contributed by atoms with Gasteiger partial charge in [-0.1, -0.05) is 36.8 Å². The molecule has 1 aliphatic carbocycles. The van der Waals surface area contributed by atoms with E-state index < -0.39 is 6.04 Å². The largest absolute Gasteiger partial charge is 0.352 e. The SMILES string of the molecule is CC(NC(=O)C(N)Cc1ccccc1)C1CCC1. The summed E-state index contributed by atoms with van der Waals surface area (Å²) in [6.07, 6.45) is 4.36. The van der Waals surface area contributed by atoms with Crippen LogP contribution in [0.1, 0.15) is 31.7 Å². The normalized spacial score (nSPS) is 18.8. The predicted octanol–water partition coefficient (Wildman–Crippen LogP) is 1.86. The van der Waals surface area contributed by atoms with Crippen LogP contribution in [-0.2, 0) is 11.2 Å². The van der Waals surface area contributed by atoms with E-state index >= 15 is 0 Å². The molecule has 18 heavy (non-hydrogen) atoms. The van der Waals surface area contributed by atoms with Crippen molar-refractivity contribution in [2.24, 2.45) is 11.7 Å². The van der Waals surface area contributed by atoms with Gasteiger partial charge in [0.05, 0.1) is 6.04 Å². The van der Waals surface area contributed by atoms with Crippen LogP contribution in [0.2, 0.25) is 0 Å². The number of benzene rings is 1. The van der Waals surface area contributed by atoms with Crippen LogP contribution in [0, 0.1) is 5.92 Å². The van der Waals surface area contributed by atoms with E-state index in [9.17, 15) is 4.79 Å². The highest BCUT2D eigenvalue weighted by molar-refractivity contribution is 5.82. The standard InChI is InChI=1S/C15H22N2O/c1-11(13-8-5-9-13)17-15(18)14(16)10-12-6-3-2-4-7-12/h2-4,6-7,11,13-14H,5,8-10,16H2,1H3,(H,17,18). The fourth-order valence-corrected chi connectivity index (χ4v) is 2.35. The Bertz CT molecular complexity index is 387. The van der Waals surface area contributed by atoms with Crippen molar-refractivity contribution in [3.8, 4) is 0 Å². The summed E-state index contributed by atoms with van der Waals surface area (Å²) in [6, 6.07) is 9.72. The molecular formula is C15H22N2O. The highest BCUT2D eigenvalue weighted by atomic mass is 16.2. The first kappa shape index (κ1) is 13.1. The van der Waals surface area contributed by atoms with Crippen molar-refractivity contribution in [1.82, 2.24) is 5.32 Å². The van der Waals surface area contributed by atoms with Crippen molar-refractivity contribution in [1.29, 1.82) is 0 Å². The average Bonchev–Trinajstić information content (AvgIpc) is 2.27. The van der Waals surface area contributed by atoms with Gasteiger partial charge in [0.2, 0.25) is 5.91 Å². The molecule has 0 bridgehead atoms. The molecule has 2 atom stereocenters. The van der Waals surface area contributed by atoms with E-state index in [1.165, 1.54) is 19.3 Å². The number of hydrogen-bond acceptors (Lipinski definition) is 2. The van der Waals surface area contributed by atoms with Gasteiger partial charge in [-0.25, -0.2) is 0 Å². The van der Waals surface area contributed by atoms with Gasteiger partial charge in [0.1, 0.15) is 0 Å². The van der Waals surface area contributed by atoms with Gasteiger partial charge in [0, 0.05) is 6.04 Å². The summed E-state index contributed by atoms with van der Waals surface area (Å²) in [5.74, 6) is 0.621. The first-order chi connectivity index (χ1) is 8.66. The summed E-state index contributed by atoms with van der Waals surface area (Å²) in [4.78, 5) is 12.0. The second-order valence-corrected chi connectivity index (χ2v) is 5.28. The zero-order valence-corrected chi connectivity index (χ0v) is 10.9. The second-order valence-electron chi connectivity index (χ2n) is 5.28. The molecule has 0 saturated heterocycles. The lowest BCUT2D eigenvalue weighted by atomic mass is 9.80. The molecule has 2 unspecified atom stereocenters. The first-order valence-corrected chi connectivity index (χ1v) is 6.76. The van der Waals surface area contributed by atoms with Crippen molar-refractivity contribution < 1.29 is 4.79 Å². The third-order valence-electron chi connectivity index (χ3n) is 3.86. The van der Waals surface area contributed by atoms with Crippen LogP contribution in [0.25, 0.3) is 0 Å². The van der Waals surface area contributed by atoms with E-state index in [1.54, 1.807) is 0 Å². The van der Waals surface area contributed by atoms with E-state index in [-0.39, 0.29) is 11.9 Å². The molecule has 1 amide bonds. The van der Waals surface area contributed by atoms with Crippen molar-refractivity contribution in [2.45, 2.75) is 44.7 Å². The summed E-state index contributed by atoms with van der Waals surface area (Å²) >= 11 is 0. The zero-order chi connectivity index (χ0) is 13.0. The molecule has 3 N–H and O–H groups in total. The fraction of sp³-hybridized carbons (Fsp3) is 0.533. The van der Waals surface area contributed by atoms with Gasteiger partial charge in [-0.3, -0.25) is 4.79 Å². The molecule has 0 radical (unpaired) electrons. The minimum atomic E-state index is -0.449. The summed E-state index contributed by atoms with van der Waals surface area (Å²) in [5.41, 5.74) is 7.05. The van der Waals surface area contributed by atoms with Crippen molar-refractivity contribution >= 4 is 5.91 Å². The maximum atomic E-state index is 12.0. The molecule has 1 aromatic carbocycles. The number of nitrogens with two attached hydrogens (primary N) is 1. The Labute approximate surface area is 109 Å². The Morgan fingerprint density at radius 1 is 1.39 bits per heavy atom. The Morgan fingerprint density at radius 3 is 2.61 bits per heavy atom. The molecule has 1 aliphatic rings. The topological polar surface area (TPSA) is 55.1 Å². The number of carbonyl (C=O) groups excluding carboxylic acids is 1. The van der Waals surface area contributed by atoms with Crippen LogP contribution < -0.4 is 11.1 Å². The molecule has 0 aliphatic heterocycles. The summed E-state index contributed by atoms with van der Waals surface area (Å²) in [6.45, 7) is 2.08. The Morgan fingerprint density at radius 2 is 2.06 bits per heavy atom. The van der Waals surface area contributed by atoms with E-state index in [4.69, 9.17) is 5.73 Å². The number of carbonyl (C=O) groups is 1. The molecule has 0 aromatic heterocycles. The molecule has 0 spiro atoms. The molecule has 3 nitrogen and oxygen atoms in total. The van der Waals surface area contributed by atoms with E-state index in [1.807, 2.05) is 30.3 Å². The summed E-state index contributed by atoms with van der Waals surface area (Å²) in [7, 11) is 0. The third-order valence-corrected chi connectivity index (χ3v) is 3.86. The van der Waals surface area contributed by atoms with E-state index in [2.05, 4.69) is 12.2 Å². The molecule has 0 heterocycles. The molecule has 1 fully saturated rings. The highest BCUT2D eigenvalue weighted by Gasteiger charge is 2.26. The lowest BCUT2D eigenvalue weighted by molar-refractivity contribution is -0.123. The van der Waals surface area contributed by atoms with Crippen LogP contribution >= 0.6 is 0 Å². The van der Waals surface area contributed by atoms with Crippen molar-refractivity contribution in [2.75, 3.05) is 0 Å². The van der Waals surface area contributed by atoms with Gasteiger partial charge in [-0.15, -0.1) is 0 Å². The van der Waals surface area contributed by atoms with Crippen LogP contribution in [-0.4, -0.2) is 18.0 Å². The minimum Gasteiger partial charge on any atom is -0.352 e. The van der Waals surface area contributed by atoms with Crippen LogP contribution in [0.4, 0.5) is 0 Å². The lowest BCUT2D eigenvalue weighted by Gasteiger charge is -2.32. The second kappa shape index (κ2) is 6.01. The van der Waals surface area contributed by atoms with Gasteiger partial charge < -0.3 is 11.1 Å². The number of amides is 1. The van der Waals surface area contributed by atoms with Gasteiger partial charge in [0.15, 0.2) is 0 Å². The predicted molar refractivity (Wildman–Crippen MR) is 73.1 cm³/mol. The van der Waals surface area contributed by atoms with Crippen LogP contribution in [0.15, 0.2) is 30.3 Å². The minimum absolute atomic E-state index is 0.0294. The maximum absolute atomic E-state index is 12.0. The van der Waals surface area contributed by atoms with Crippen molar-refractivity contribution in [3.63, 3.8) is 0 Å². The number of rotatable bonds is 5. The molecule has 98 valence electrons. The molecule has 3 heteroatoms. The van der Waals surface area contributed by atoms with Crippen molar-refractivity contribution in [3.05, 3.63) is 35.9 Å². The van der Waals surface area contributed by atoms with Gasteiger partial charge in [-0.05, 0) is 37.7 Å². The Hall–Kier alpha value is -1.35. The summed E-state index contributed by atoms with van der Waals surface area (Å²) in [5, 5.41) is 3.04. The van der Waals surface area contributed by atoms with E-state index in [0.717, 1.165) is 5.56 Å². The first-order valence-electron chi connectivity index (χ1n) is 6.76. The molecule has 2 rings (SSSR count). The number of nitrogens with one attached hydrogen (secondary N) is 1. The Kier molecular flexibility index (Phi) is 4.37. The zero-order valence-electron chi connectivity index (χ0n) is 10.9. The molecule has 1 saturated carbocycles. The van der Waals surface area contributed by atoms with Crippen LogP contribution in [0.3, 0.4) is 0 Å². The molecular weight excluding hydrogens is 224 g/mol. The average molecular weight is 246 g/mol. The Balaban J connectivity index is 1.81. The van der Waals surface area contributed by atoms with Crippen LogP contribution in [0.5, 0.6) is 0 Å². The lowest BCUT2D eigenvalue weighted by Crippen LogP contribution is -2.48. The quantitative estimate of drug-likeness (QED) is 0.833. The smallest absolute Gasteiger partial charge is 0.237 e. The molecule has 1 aromatic rings. The number of hydrogen-bond donors (Lipinski definition) is 2. The monoisotopic (exact) mass is 246 g/mol. The van der Waals surface area contributed by atoms with Gasteiger partial charge in [0.25, 0.3) is 0 Å².